The second-order valence-electron chi connectivity index (χ2n) is 3.00. The van der Waals surface area contributed by atoms with Crippen molar-refractivity contribution in [1.29, 1.82) is 0 Å². The summed E-state index contributed by atoms with van der Waals surface area (Å²) in [6, 6.07) is 1.64. The van der Waals surface area contributed by atoms with E-state index in [0.717, 1.165) is 6.07 Å². The van der Waals surface area contributed by atoms with Crippen LogP contribution in [0.3, 0.4) is 0 Å². The van der Waals surface area contributed by atoms with Crippen molar-refractivity contribution in [3.05, 3.63) is 29.3 Å². The molecule has 5 heteroatoms. The van der Waals surface area contributed by atoms with Gasteiger partial charge in [0.25, 0.3) is 0 Å². The van der Waals surface area contributed by atoms with Gasteiger partial charge < -0.3 is 9.84 Å². The van der Waals surface area contributed by atoms with E-state index < -0.39 is 23.5 Å². The number of carboxylic acid groups (broad SMARTS) is 1. The van der Waals surface area contributed by atoms with Crippen molar-refractivity contribution in [3.63, 3.8) is 0 Å². The van der Waals surface area contributed by atoms with E-state index in [1.54, 1.807) is 0 Å². The second kappa shape index (κ2) is 2.94. The number of hydrogen-bond donors (Lipinski definition) is 1. The Morgan fingerprint density at radius 1 is 1.50 bits per heavy atom. The maximum absolute atomic E-state index is 13.2. The monoisotopic (exact) mass is 200 g/mol. The van der Waals surface area contributed by atoms with Crippen LogP contribution in [0.2, 0.25) is 0 Å². The molecule has 0 saturated carbocycles. The largest absolute Gasteiger partial charge is 0.492 e. The molecule has 1 aliphatic rings. The van der Waals surface area contributed by atoms with Crippen LogP contribution in [0.4, 0.5) is 8.78 Å². The number of hydrogen-bond acceptors (Lipinski definition) is 2. The highest BCUT2D eigenvalue weighted by atomic mass is 19.1. The number of halogens is 2. The van der Waals surface area contributed by atoms with Crippen LogP contribution in [0.5, 0.6) is 5.75 Å². The maximum atomic E-state index is 13.2. The average molecular weight is 200 g/mol. The molecule has 0 bridgehead atoms. The first-order valence-electron chi connectivity index (χ1n) is 3.94. The first-order valence-corrected chi connectivity index (χ1v) is 3.94. The van der Waals surface area contributed by atoms with Gasteiger partial charge in [0.05, 0.1) is 0 Å². The normalized spacial score (nSPS) is 18.9. The third-order valence-electron chi connectivity index (χ3n) is 2.11. The summed E-state index contributed by atoms with van der Waals surface area (Å²) in [6.07, 6.45) is 0. The lowest BCUT2D eigenvalue weighted by Crippen LogP contribution is -2.13. The fraction of sp³-hybridized carbons (Fsp3) is 0.222. The third kappa shape index (κ3) is 1.21. The average Bonchev–Trinajstić information content (AvgIpc) is 2.47. The predicted molar refractivity (Wildman–Crippen MR) is 42.2 cm³/mol. The summed E-state index contributed by atoms with van der Waals surface area (Å²) in [5.41, 5.74) is -0.0705. The summed E-state index contributed by atoms with van der Waals surface area (Å²) in [5, 5.41) is 8.71. The van der Waals surface area contributed by atoms with Gasteiger partial charge in [-0.3, -0.25) is 4.79 Å². The van der Waals surface area contributed by atoms with E-state index in [0.29, 0.717) is 6.07 Å². The lowest BCUT2D eigenvalue weighted by molar-refractivity contribution is -0.139. The van der Waals surface area contributed by atoms with E-state index >= 15 is 0 Å². The number of rotatable bonds is 1. The Bertz CT molecular complexity index is 403. The third-order valence-corrected chi connectivity index (χ3v) is 2.11. The Hall–Kier alpha value is -1.65. The van der Waals surface area contributed by atoms with Crippen molar-refractivity contribution in [3.8, 4) is 5.75 Å². The molecule has 14 heavy (non-hydrogen) atoms. The van der Waals surface area contributed by atoms with Gasteiger partial charge in [0.2, 0.25) is 0 Å². The molecule has 0 radical (unpaired) electrons. The summed E-state index contributed by atoms with van der Waals surface area (Å²) < 4.78 is 30.7. The first-order chi connectivity index (χ1) is 6.59. The van der Waals surface area contributed by atoms with Gasteiger partial charge in [-0.15, -0.1) is 0 Å². The lowest BCUT2D eigenvalue weighted by Gasteiger charge is -2.03. The second-order valence-corrected chi connectivity index (χ2v) is 3.00. The van der Waals surface area contributed by atoms with Crippen LogP contribution in [-0.4, -0.2) is 17.7 Å². The molecule has 74 valence electrons. The van der Waals surface area contributed by atoms with Gasteiger partial charge in [0.15, 0.2) is 0 Å². The molecule has 1 atom stereocenters. The fourth-order valence-electron chi connectivity index (χ4n) is 1.47. The molecular weight excluding hydrogens is 194 g/mol. The molecule has 0 fully saturated rings. The SMILES string of the molecule is O=C(O)C1COc2cc(F)cc(F)c21. The molecule has 1 aromatic rings. The molecule has 1 heterocycles. The van der Waals surface area contributed by atoms with Gasteiger partial charge in [-0.05, 0) is 0 Å². The van der Waals surface area contributed by atoms with Gasteiger partial charge >= 0.3 is 5.97 Å². The van der Waals surface area contributed by atoms with E-state index in [2.05, 4.69) is 0 Å². The van der Waals surface area contributed by atoms with Gasteiger partial charge in [-0.1, -0.05) is 0 Å². The van der Waals surface area contributed by atoms with Crippen LogP contribution in [0, 0.1) is 11.6 Å². The Kier molecular flexibility index (Phi) is 1.87. The van der Waals surface area contributed by atoms with Crippen LogP contribution in [-0.2, 0) is 4.79 Å². The molecule has 0 aliphatic carbocycles. The zero-order valence-electron chi connectivity index (χ0n) is 6.96. The predicted octanol–water partition coefficient (Wildman–Crippen LogP) is 1.53. The molecule has 1 unspecified atom stereocenters. The summed E-state index contributed by atoms with van der Waals surface area (Å²) >= 11 is 0. The van der Waals surface area contributed by atoms with E-state index in [9.17, 15) is 13.6 Å². The molecule has 2 rings (SSSR count). The molecule has 0 saturated heterocycles. The highest BCUT2D eigenvalue weighted by molar-refractivity contribution is 5.78. The quantitative estimate of drug-likeness (QED) is 0.747. The maximum Gasteiger partial charge on any atom is 0.314 e. The fourth-order valence-corrected chi connectivity index (χ4v) is 1.47. The van der Waals surface area contributed by atoms with Crippen molar-refractivity contribution in [1.82, 2.24) is 0 Å². The molecule has 1 aliphatic heterocycles. The Morgan fingerprint density at radius 2 is 2.21 bits per heavy atom. The van der Waals surface area contributed by atoms with Crippen molar-refractivity contribution >= 4 is 5.97 Å². The smallest absolute Gasteiger partial charge is 0.314 e. The summed E-state index contributed by atoms with van der Waals surface area (Å²) in [6.45, 7) is -0.148. The Labute approximate surface area is 77.9 Å². The van der Waals surface area contributed by atoms with Crippen molar-refractivity contribution < 1.29 is 23.4 Å². The van der Waals surface area contributed by atoms with Crippen molar-refractivity contribution in [2.45, 2.75) is 5.92 Å². The van der Waals surface area contributed by atoms with Gasteiger partial charge in [-0.2, -0.15) is 0 Å². The lowest BCUT2D eigenvalue weighted by atomic mass is 10.0. The molecule has 0 aromatic heterocycles. The summed E-state index contributed by atoms with van der Waals surface area (Å²) in [5.74, 6) is -3.87. The van der Waals surface area contributed by atoms with Crippen molar-refractivity contribution in [2.24, 2.45) is 0 Å². The number of fused-ring (bicyclic) bond motifs is 1. The van der Waals surface area contributed by atoms with Crippen LogP contribution in [0.25, 0.3) is 0 Å². The van der Waals surface area contributed by atoms with Crippen LogP contribution in [0.1, 0.15) is 11.5 Å². The molecular formula is C9H6F2O3. The van der Waals surface area contributed by atoms with Gasteiger partial charge in [0.1, 0.15) is 29.9 Å². The molecule has 3 nitrogen and oxygen atoms in total. The van der Waals surface area contributed by atoms with E-state index in [1.807, 2.05) is 0 Å². The van der Waals surface area contributed by atoms with Crippen molar-refractivity contribution in [2.75, 3.05) is 6.61 Å². The highest BCUT2D eigenvalue weighted by Crippen LogP contribution is 2.36. The minimum Gasteiger partial charge on any atom is -0.492 e. The zero-order chi connectivity index (χ0) is 10.3. The highest BCUT2D eigenvalue weighted by Gasteiger charge is 2.33. The molecule has 0 spiro atoms. The molecule has 1 aromatic carbocycles. The minimum absolute atomic E-state index is 0.0186. The topological polar surface area (TPSA) is 46.5 Å². The zero-order valence-corrected chi connectivity index (χ0v) is 6.96. The van der Waals surface area contributed by atoms with Gasteiger partial charge in [0, 0.05) is 17.7 Å². The summed E-state index contributed by atoms with van der Waals surface area (Å²) in [7, 11) is 0. The first kappa shape index (κ1) is 8.93. The summed E-state index contributed by atoms with van der Waals surface area (Å²) in [4.78, 5) is 10.7. The minimum atomic E-state index is -1.17. The number of carboxylic acids is 1. The van der Waals surface area contributed by atoms with Crippen LogP contribution >= 0.6 is 0 Å². The standard InChI is InChI=1S/C9H6F2O3/c10-4-1-6(11)8-5(9(12)13)3-14-7(8)2-4/h1-2,5H,3H2,(H,12,13). The molecule has 0 amide bonds. The number of benzene rings is 1. The van der Waals surface area contributed by atoms with Gasteiger partial charge in [-0.25, -0.2) is 8.78 Å². The van der Waals surface area contributed by atoms with Crippen LogP contribution < -0.4 is 4.74 Å². The Balaban J connectivity index is 2.54. The molecule has 1 N–H and O–H groups in total. The number of ether oxygens (including phenoxy) is 1. The van der Waals surface area contributed by atoms with E-state index in [-0.39, 0.29) is 17.9 Å². The number of aliphatic carboxylic acids is 1. The Morgan fingerprint density at radius 3 is 2.86 bits per heavy atom. The number of carbonyl (C=O) groups is 1. The van der Waals surface area contributed by atoms with Crippen LogP contribution in [0.15, 0.2) is 12.1 Å². The van der Waals surface area contributed by atoms with E-state index in [4.69, 9.17) is 9.84 Å². The van der Waals surface area contributed by atoms with E-state index in [1.165, 1.54) is 0 Å².